The predicted molar refractivity (Wildman–Crippen MR) is 81.9 cm³/mol. The molecule has 0 aliphatic carbocycles. The number of rotatable bonds is 5. The van der Waals surface area contributed by atoms with Crippen LogP contribution in [0.25, 0.3) is 6.08 Å². The number of carbonyl (C=O) groups is 1. The SMILES string of the molecule is O=C(O)/C(=C/c1c(F)cccc1Cl)O[C@H]1O[C@@H](CO)[C@H](O)[C@@H](O)[C@@H]1O. The summed E-state index contributed by atoms with van der Waals surface area (Å²) in [4.78, 5) is 11.3. The lowest BCUT2D eigenvalue weighted by Crippen LogP contribution is -2.59. The lowest BCUT2D eigenvalue weighted by molar-refractivity contribution is -0.291. The summed E-state index contributed by atoms with van der Waals surface area (Å²) in [5, 5.41) is 47.5. The van der Waals surface area contributed by atoms with Crippen LogP contribution in [0.2, 0.25) is 5.02 Å². The third kappa shape index (κ3) is 4.27. The van der Waals surface area contributed by atoms with Crippen molar-refractivity contribution in [3.63, 3.8) is 0 Å². The van der Waals surface area contributed by atoms with Crippen molar-refractivity contribution in [3.8, 4) is 0 Å². The molecule has 5 N–H and O–H groups in total. The summed E-state index contributed by atoms with van der Waals surface area (Å²) in [5.41, 5.74) is -0.258. The molecule has 1 saturated heterocycles. The number of hydrogen-bond acceptors (Lipinski definition) is 7. The van der Waals surface area contributed by atoms with Gasteiger partial charge in [0.05, 0.1) is 11.6 Å². The standard InChI is InChI=1S/C15H16ClFO8/c16-7-2-1-3-8(17)6(7)4-9(14(22)23)24-15-13(21)12(20)11(19)10(5-18)25-15/h1-4,10-13,15,18-21H,5H2,(H,22,23)/b9-4-/t10-,11-,12+,13-,15-/m0/s1. The molecule has 2 rings (SSSR count). The minimum Gasteiger partial charge on any atom is -0.475 e. The number of carboxylic acids is 1. The molecule has 10 heteroatoms. The Morgan fingerprint density at radius 3 is 2.52 bits per heavy atom. The van der Waals surface area contributed by atoms with Crippen molar-refractivity contribution in [2.45, 2.75) is 30.7 Å². The molecule has 0 amide bonds. The van der Waals surface area contributed by atoms with E-state index in [0.29, 0.717) is 0 Å². The second kappa shape index (κ2) is 8.09. The van der Waals surface area contributed by atoms with Crippen LogP contribution in [0.15, 0.2) is 24.0 Å². The monoisotopic (exact) mass is 378 g/mol. The topological polar surface area (TPSA) is 137 Å². The Balaban J connectivity index is 2.30. The predicted octanol–water partition coefficient (Wildman–Crippen LogP) is -0.279. The summed E-state index contributed by atoms with van der Waals surface area (Å²) in [5.74, 6) is -3.24. The quantitative estimate of drug-likeness (QED) is 0.348. The van der Waals surface area contributed by atoms with E-state index in [0.717, 1.165) is 12.1 Å². The number of halogens is 2. The van der Waals surface area contributed by atoms with E-state index in [-0.39, 0.29) is 10.6 Å². The van der Waals surface area contributed by atoms with E-state index >= 15 is 0 Å². The highest BCUT2D eigenvalue weighted by atomic mass is 35.5. The highest BCUT2D eigenvalue weighted by molar-refractivity contribution is 6.32. The molecular formula is C15H16ClFO8. The van der Waals surface area contributed by atoms with Gasteiger partial charge in [-0.05, 0) is 18.2 Å². The smallest absolute Gasteiger partial charge is 0.371 e. The molecule has 1 fully saturated rings. The average molecular weight is 379 g/mol. The molecule has 8 nitrogen and oxygen atoms in total. The van der Waals surface area contributed by atoms with Gasteiger partial charge >= 0.3 is 5.97 Å². The number of benzene rings is 1. The lowest BCUT2D eigenvalue weighted by atomic mass is 9.99. The van der Waals surface area contributed by atoms with Crippen LogP contribution >= 0.6 is 11.6 Å². The van der Waals surface area contributed by atoms with Crippen LogP contribution in [0.3, 0.4) is 0 Å². The Labute approximate surface area is 146 Å². The van der Waals surface area contributed by atoms with Gasteiger partial charge in [-0.3, -0.25) is 0 Å². The summed E-state index contributed by atoms with van der Waals surface area (Å²) in [7, 11) is 0. The molecule has 1 aromatic carbocycles. The van der Waals surface area contributed by atoms with Crippen molar-refractivity contribution >= 4 is 23.6 Å². The first-order chi connectivity index (χ1) is 11.8. The number of carboxylic acid groups (broad SMARTS) is 1. The van der Waals surface area contributed by atoms with Gasteiger partial charge in [-0.1, -0.05) is 17.7 Å². The zero-order chi connectivity index (χ0) is 18.7. The molecule has 5 atom stereocenters. The van der Waals surface area contributed by atoms with Crippen molar-refractivity contribution in [1.29, 1.82) is 0 Å². The summed E-state index contributed by atoms with van der Waals surface area (Å²) in [6.07, 6.45) is -7.39. The van der Waals surface area contributed by atoms with Crippen molar-refractivity contribution in [2.24, 2.45) is 0 Å². The minimum absolute atomic E-state index is 0.0730. The van der Waals surface area contributed by atoms with Crippen LogP contribution in [0.5, 0.6) is 0 Å². The van der Waals surface area contributed by atoms with Gasteiger partial charge < -0.3 is 35.0 Å². The van der Waals surface area contributed by atoms with Crippen LogP contribution in [-0.4, -0.2) is 68.8 Å². The van der Waals surface area contributed by atoms with Gasteiger partial charge in [0.15, 0.2) is 0 Å². The van der Waals surface area contributed by atoms with E-state index in [9.17, 15) is 29.6 Å². The molecule has 0 unspecified atom stereocenters. The Bertz CT molecular complexity index is 645. The Morgan fingerprint density at radius 1 is 1.28 bits per heavy atom. The van der Waals surface area contributed by atoms with Crippen LogP contribution < -0.4 is 0 Å². The number of ether oxygens (including phenoxy) is 2. The van der Waals surface area contributed by atoms with Crippen LogP contribution in [0.4, 0.5) is 4.39 Å². The van der Waals surface area contributed by atoms with Gasteiger partial charge in [0, 0.05) is 5.56 Å². The molecule has 0 aromatic heterocycles. The largest absolute Gasteiger partial charge is 0.475 e. The van der Waals surface area contributed by atoms with E-state index in [1.165, 1.54) is 12.1 Å². The zero-order valence-electron chi connectivity index (χ0n) is 12.6. The van der Waals surface area contributed by atoms with Gasteiger partial charge in [0.1, 0.15) is 30.2 Å². The van der Waals surface area contributed by atoms with Crippen molar-refractivity contribution < 1.29 is 44.2 Å². The van der Waals surface area contributed by atoms with E-state index in [1.54, 1.807) is 0 Å². The molecule has 25 heavy (non-hydrogen) atoms. The maximum absolute atomic E-state index is 13.8. The maximum atomic E-state index is 13.8. The van der Waals surface area contributed by atoms with Crippen LogP contribution in [-0.2, 0) is 14.3 Å². The van der Waals surface area contributed by atoms with Gasteiger partial charge in [0.2, 0.25) is 12.0 Å². The Morgan fingerprint density at radius 2 is 1.96 bits per heavy atom. The van der Waals surface area contributed by atoms with Gasteiger partial charge in [0.25, 0.3) is 0 Å². The first-order valence-electron chi connectivity index (χ1n) is 7.12. The molecule has 0 saturated carbocycles. The number of aliphatic hydroxyl groups excluding tert-OH is 4. The van der Waals surface area contributed by atoms with Gasteiger partial charge in [-0.2, -0.15) is 0 Å². The molecule has 0 bridgehead atoms. The maximum Gasteiger partial charge on any atom is 0.371 e. The fourth-order valence-electron chi connectivity index (χ4n) is 2.22. The molecule has 138 valence electrons. The first kappa shape index (κ1) is 19.6. The summed E-state index contributed by atoms with van der Waals surface area (Å²) in [6.45, 7) is -0.712. The summed E-state index contributed by atoms with van der Waals surface area (Å²) < 4.78 is 23.9. The Hall–Kier alpha value is -1.75. The Kier molecular flexibility index (Phi) is 6.33. The minimum atomic E-state index is -1.81. The molecule has 0 spiro atoms. The second-order valence-corrected chi connectivity index (χ2v) is 5.67. The molecule has 1 aliphatic rings. The van der Waals surface area contributed by atoms with E-state index in [2.05, 4.69) is 0 Å². The first-order valence-corrected chi connectivity index (χ1v) is 7.50. The third-order valence-electron chi connectivity index (χ3n) is 3.58. The number of hydrogen-bond donors (Lipinski definition) is 5. The van der Waals surface area contributed by atoms with Crippen LogP contribution in [0.1, 0.15) is 5.56 Å². The highest BCUT2D eigenvalue weighted by Gasteiger charge is 2.45. The number of aliphatic carboxylic acids is 1. The normalized spacial score (nSPS) is 30.2. The zero-order valence-corrected chi connectivity index (χ0v) is 13.4. The molecular weight excluding hydrogens is 363 g/mol. The third-order valence-corrected chi connectivity index (χ3v) is 3.91. The number of aliphatic hydroxyl groups is 4. The summed E-state index contributed by atoms with van der Waals surface area (Å²) in [6, 6.07) is 3.72. The lowest BCUT2D eigenvalue weighted by Gasteiger charge is -2.39. The van der Waals surface area contributed by atoms with Gasteiger partial charge in [-0.15, -0.1) is 0 Å². The van der Waals surface area contributed by atoms with Crippen molar-refractivity contribution in [1.82, 2.24) is 0 Å². The van der Waals surface area contributed by atoms with E-state index in [1.807, 2.05) is 0 Å². The molecule has 0 radical (unpaired) electrons. The van der Waals surface area contributed by atoms with Crippen LogP contribution in [0, 0.1) is 5.82 Å². The fourth-order valence-corrected chi connectivity index (χ4v) is 2.43. The van der Waals surface area contributed by atoms with Gasteiger partial charge in [-0.25, -0.2) is 9.18 Å². The molecule has 1 aromatic rings. The van der Waals surface area contributed by atoms with Crippen molar-refractivity contribution in [2.75, 3.05) is 6.61 Å². The highest BCUT2D eigenvalue weighted by Crippen LogP contribution is 2.26. The second-order valence-electron chi connectivity index (χ2n) is 5.26. The van der Waals surface area contributed by atoms with E-state index in [4.69, 9.17) is 26.2 Å². The fraction of sp³-hybridized carbons (Fsp3) is 0.400. The summed E-state index contributed by atoms with van der Waals surface area (Å²) >= 11 is 5.82. The average Bonchev–Trinajstić information content (AvgIpc) is 2.57. The molecule has 1 heterocycles. The van der Waals surface area contributed by atoms with E-state index < -0.39 is 54.9 Å². The van der Waals surface area contributed by atoms with Crippen molar-refractivity contribution in [3.05, 3.63) is 40.4 Å². The molecule has 1 aliphatic heterocycles.